The fraction of sp³-hybridized carbons (Fsp3) is 0.771. The highest BCUT2D eigenvalue weighted by molar-refractivity contribution is 5.94. The molecule has 0 radical (unpaired) electrons. The second-order valence-corrected chi connectivity index (χ2v) is 15.1. The number of esters is 3. The van der Waals surface area contributed by atoms with Crippen molar-refractivity contribution in [2.45, 2.75) is 122 Å². The number of carboxylic acid groups (broad SMARTS) is 1. The summed E-state index contributed by atoms with van der Waals surface area (Å²) in [5, 5.41) is 55.2. The molecule has 4 aliphatic carbocycles. The van der Waals surface area contributed by atoms with Crippen LogP contribution in [-0.2, 0) is 52.7 Å². The van der Waals surface area contributed by atoms with Gasteiger partial charge in [0.05, 0.1) is 36.5 Å². The number of rotatable bonds is 20. The number of carboxylic acids is 1. The first-order valence-electron chi connectivity index (χ1n) is 18.3. The van der Waals surface area contributed by atoms with Crippen molar-refractivity contribution in [2.75, 3.05) is 19.8 Å². The number of hydrogen-bond donors (Lipinski definition) is 6. The van der Waals surface area contributed by atoms with Gasteiger partial charge >= 0.3 is 23.9 Å². The Labute approximate surface area is 311 Å². The smallest absolute Gasteiger partial charge is 0.345 e. The molecule has 4 rings (SSSR count). The number of carbonyl (C=O) groups is 6. The quantitative estimate of drug-likeness (QED) is 0.0449. The van der Waals surface area contributed by atoms with Crippen molar-refractivity contribution >= 4 is 35.4 Å². The van der Waals surface area contributed by atoms with Gasteiger partial charge in [0.15, 0.2) is 18.0 Å². The second kappa shape index (κ2) is 18.5. The standard InChI is InChI=1S/C35H52N2O17/c1-33-13-11-22(38)17-21(33)9-10-23-24-12-14-35(34(24,2)19-25(39)31(23)33,54-29(42)8-6-16-52-37(48)49)27(40)20-50-30(43)18-26(32(44)45)53-28(41)7-4-3-5-15-51-36(46)47/h17,23-26,31,39,46-49H,3-16,18-20H2,1-2H3,(H,44,45)/t23?,24?,25-,26?,31+,33-,34-,35-/m0/s1. The normalized spacial score (nSPS) is 30.8. The van der Waals surface area contributed by atoms with Gasteiger partial charge < -0.3 is 24.4 Å². The van der Waals surface area contributed by atoms with Gasteiger partial charge in [-0.25, -0.2) is 4.79 Å². The number of Topliss-reactive ketones (excluding diaryl/α,β-unsaturated/α-hetero) is 1. The zero-order valence-electron chi connectivity index (χ0n) is 30.6. The zero-order chi connectivity index (χ0) is 39.8. The molecule has 0 amide bonds. The van der Waals surface area contributed by atoms with Crippen LogP contribution in [0.25, 0.3) is 0 Å². The molecule has 0 aromatic rings. The van der Waals surface area contributed by atoms with Gasteiger partial charge in [-0.3, -0.25) is 54.5 Å². The minimum atomic E-state index is -1.91. The van der Waals surface area contributed by atoms with E-state index in [0.29, 0.717) is 44.9 Å². The van der Waals surface area contributed by atoms with Crippen molar-refractivity contribution in [2.24, 2.45) is 28.6 Å². The lowest BCUT2D eigenvalue weighted by atomic mass is 9.45. The van der Waals surface area contributed by atoms with Crippen molar-refractivity contribution in [1.82, 2.24) is 10.8 Å². The van der Waals surface area contributed by atoms with Crippen LogP contribution in [0.1, 0.15) is 104 Å². The van der Waals surface area contributed by atoms with Crippen LogP contribution in [0.3, 0.4) is 0 Å². The number of ether oxygens (including phenoxy) is 3. The van der Waals surface area contributed by atoms with Crippen molar-refractivity contribution in [3.05, 3.63) is 11.6 Å². The number of nitrogens with zero attached hydrogens (tertiary/aromatic N) is 2. The van der Waals surface area contributed by atoms with Gasteiger partial charge in [0.2, 0.25) is 11.9 Å². The summed E-state index contributed by atoms with van der Waals surface area (Å²) in [4.78, 5) is 85.8. The van der Waals surface area contributed by atoms with Gasteiger partial charge in [-0.15, -0.1) is 0 Å². The van der Waals surface area contributed by atoms with Crippen molar-refractivity contribution < 1.29 is 83.7 Å². The fourth-order valence-corrected chi connectivity index (χ4v) is 9.53. The van der Waals surface area contributed by atoms with Crippen LogP contribution in [0.15, 0.2) is 11.6 Å². The molecule has 0 saturated heterocycles. The second-order valence-electron chi connectivity index (χ2n) is 15.1. The summed E-state index contributed by atoms with van der Waals surface area (Å²) in [6.45, 7) is 2.65. The lowest BCUT2D eigenvalue weighted by Crippen LogP contribution is -2.63. The van der Waals surface area contributed by atoms with Gasteiger partial charge in [-0.1, -0.05) is 25.8 Å². The van der Waals surface area contributed by atoms with E-state index >= 15 is 0 Å². The molecule has 304 valence electrons. The van der Waals surface area contributed by atoms with E-state index in [9.17, 15) is 39.0 Å². The number of allylic oxidation sites excluding steroid dienone is 1. The SMILES string of the molecule is C[C@]12CCC(=O)C=C1CCC1C3CC[C@](OC(=O)CCCON(O)O)(C(=O)COC(=O)CC(OC(=O)CCCCCON(O)O)C(=O)O)[C@@]3(C)C[C@H](O)[C@@H]12. The molecule has 0 aromatic carbocycles. The van der Waals surface area contributed by atoms with Crippen LogP contribution >= 0.6 is 0 Å². The average molecular weight is 773 g/mol. The van der Waals surface area contributed by atoms with Crippen LogP contribution in [0, 0.1) is 28.6 Å². The lowest BCUT2D eigenvalue weighted by Gasteiger charge is -2.60. The Hall–Kier alpha value is -3.40. The predicted molar refractivity (Wildman–Crippen MR) is 175 cm³/mol. The third-order valence-corrected chi connectivity index (χ3v) is 12.0. The molecule has 54 heavy (non-hydrogen) atoms. The molecule has 0 aliphatic heterocycles. The highest BCUT2D eigenvalue weighted by atomic mass is 17.1. The third-order valence-electron chi connectivity index (χ3n) is 12.0. The van der Waals surface area contributed by atoms with E-state index in [0.717, 1.165) is 5.57 Å². The van der Waals surface area contributed by atoms with Crippen LogP contribution in [0.5, 0.6) is 0 Å². The third kappa shape index (κ3) is 9.87. The van der Waals surface area contributed by atoms with Gasteiger partial charge in [-0.2, -0.15) is 0 Å². The summed E-state index contributed by atoms with van der Waals surface area (Å²) in [7, 11) is 0. The van der Waals surface area contributed by atoms with E-state index in [1.807, 2.05) is 0 Å². The number of aliphatic hydroxyl groups excluding tert-OH is 1. The van der Waals surface area contributed by atoms with Gasteiger partial charge in [0, 0.05) is 24.7 Å². The van der Waals surface area contributed by atoms with E-state index in [-0.39, 0.29) is 75.3 Å². The maximum atomic E-state index is 14.3. The summed E-state index contributed by atoms with van der Waals surface area (Å²) < 4.78 is 16.2. The molecule has 4 aliphatic rings. The Morgan fingerprint density at radius 2 is 1.54 bits per heavy atom. The maximum Gasteiger partial charge on any atom is 0.345 e. The number of unbranched alkanes of at least 4 members (excludes halogenated alkanes) is 2. The molecule has 6 N–H and O–H groups in total. The largest absolute Gasteiger partial charge is 0.478 e. The van der Waals surface area contributed by atoms with Crippen LogP contribution in [0.2, 0.25) is 0 Å². The number of carbonyl (C=O) groups excluding carboxylic acids is 5. The highest BCUT2D eigenvalue weighted by Crippen LogP contribution is 2.68. The Balaban J connectivity index is 1.46. The van der Waals surface area contributed by atoms with Gasteiger partial charge in [0.1, 0.15) is 0 Å². The maximum absolute atomic E-state index is 14.3. The van der Waals surface area contributed by atoms with E-state index in [1.54, 1.807) is 13.0 Å². The zero-order valence-corrected chi connectivity index (χ0v) is 30.6. The summed E-state index contributed by atoms with van der Waals surface area (Å²) in [5.74, 6) is -5.68. The van der Waals surface area contributed by atoms with Gasteiger partial charge in [-0.05, 0) is 87.0 Å². The summed E-state index contributed by atoms with van der Waals surface area (Å²) in [6, 6.07) is 0. The molecule has 0 heterocycles. The topological polar surface area (TPSA) is 276 Å². The summed E-state index contributed by atoms with van der Waals surface area (Å²) >= 11 is 0. The van der Waals surface area contributed by atoms with E-state index in [1.165, 1.54) is 0 Å². The Morgan fingerprint density at radius 1 is 0.870 bits per heavy atom. The lowest BCUT2D eigenvalue weighted by molar-refractivity contribution is -0.492. The highest BCUT2D eigenvalue weighted by Gasteiger charge is 2.70. The Bertz CT molecular complexity index is 1440. The number of hydrogen-bond acceptors (Lipinski definition) is 18. The van der Waals surface area contributed by atoms with Crippen molar-refractivity contribution in [3.8, 4) is 0 Å². The minimum absolute atomic E-state index is 0.00869. The fourth-order valence-electron chi connectivity index (χ4n) is 9.53. The van der Waals surface area contributed by atoms with E-state index in [2.05, 4.69) is 16.6 Å². The number of aliphatic carboxylic acids is 1. The molecule has 3 saturated carbocycles. The molecule has 8 atom stereocenters. The summed E-state index contributed by atoms with van der Waals surface area (Å²) in [6.07, 6.45) is 1.32. The molecular formula is C35H52N2O17. The Morgan fingerprint density at radius 3 is 2.20 bits per heavy atom. The predicted octanol–water partition coefficient (Wildman–Crippen LogP) is 2.63. The molecule has 0 bridgehead atoms. The van der Waals surface area contributed by atoms with E-state index in [4.69, 9.17) is 35.0 Å². The van der Waals surface area contributed by atoms with Crippen LogP contribution < -0.4 is 0 Å². The first kappa shape index (κ1) is 43.3. The molecular weight excluding hydrogens is 720 g/mol. The number of aliphatic hydroxyl groups is 1. The average Bonchev–Trinajstić information content (AvgIpc) is 3.38. The molecule has 19 nitrogen and oxygen atoms in total. The molecule has 3 unspecified atom stereocenters. The molecule has 19 heteroatoms. The minimum Gasteiger partial charge on any atom is -0.478 e. The van der Waals surface area contributed by atoms with Gasteiger partial charge in [0.25, 0.3) is 0 Å². The number of ketones is 2. The van der Waals surface area contributed by atoms with Crippen LogP contribution in [0.4, 0.5) is 0 Å². The molecule has 0 aromatic heterocycles. The van der Waals surface area contributed by atoms with Crippen LogP contribution in [-0.4, -0.2) is 115 Å². The first-order valence-corrected chi connectivity index (χ1v) is 18.3. The van der Waals surface area contributed by atoms with Crippen molar-refractivity contribution in [3.63, 3.8) is 0 Å². The first-order chi connectivity index (χ1) is 25.4. The van der Waals surface area contributed by atoms with E-state index < -0.39 is 82.1 Å². The monoisotopic (exact) mass is 772 g/mol. The summed E-state index contributed by atoms with van der Waals surface area (Å²) in [5.41, 5.74) is -2.37. The molecule has 0 spiro atoms. The van der Waals surface area contributed by atoms with Crippen molar-refractivity contribution in [1.29, 1.82) is 0 Å². The number of fused-ring (bicyclic) bond motifs is 5. The Kier molecular flexibility index (Phi) is 14.8. The molecule has 3 fully saturated rings.